The van der Waals surface area contributed by atoms with E-state index in [2.05, 4.69) is 0 Å². The summed E-state index contributed by atoms with van der Waals surface area (Å²) in [5.41, 5.74) is 0. The predicted octanol–water partition coefficient (Wildman–Crippen LogP) is 2.32. The first-order valence-corrected chi connectivity index (χ1v) is 5.83. The molecule has 0 amide bonds. The molecule has 6 heteroatoms. The number of hydrogen-bond donors (Lipinski definition) is 1. The van der Waals surface area contributed by atoms with E-state index in [0.717, 1.165) is 0 Å². The summed E-state index contributed by atoms with van der Waals surface area (Å²) in [6.45, 7) is 7.39. The average Bonchev–Trinajstić information content (AvgIpc) is 2.81. The lowest BCUT2D eigenvalue weighted by Gasteiger charge is -2.18. The fraction of sp³-hybridized carbons (Fsp3) is 0.667. The standard InChI is InChI=1S/C12H16O6/c1-11(2)14-5-6(16-11)8-7(13)9-10(15-8)18-12(3,4)17-9/h6,13H,5H2,1-4H3/t6-/m1/s1. The number of ether oxygens (including phenoxy) is 4. The van der Waals surface area contributed by atoms with Gasteiger partial charge >= 0.3 is 5.95 Å². The van der Waals surface area contributed by atoms with Crippen LogP contribution in [0.3, 0.4) is 0 Å². The minimum absolute atomic E-state index is 0.0816. The Morgan fingerprint density at radius 2 is 1.83 bits per heavy atom. The third-order valence-corrected chi connectivity index (χ3v) is 2.82. The second-order valence-electron chi connectivity index (χ2n) is 5.35. The van der Waals surface area contributed by atoms with Crippen LogP contribution >= 0.6 is 0 Å². The van der Waals surface area contributed by atoms with E-state index in [1.807, 2.05) is 0 Å². The topological polar surface area (TPSA) is 70.3 Å². The van der Waals surface area contributed by atoms with E-state index in [4.69, 9.17) is 23.4 Å². The summed E-state index contributed by atoms with van der Waals surface area (Å²) >= 11 is 0. The average molecular weight is 256 g/mol. The lowest BCUT2D eigenvalue weighted by atomic mass is 10.2. The van der Waals surface area contributed by atoms with Crippen molar-refractivity contribution in [1.82, 2.24) is 0 Å². The van der Waals surface area contributed by atoms with Crippen molar-refractivity contribution in [3.63, 3.8) is 0 Å². The zero-order valence-corrected chi connectivity index (χ0v) is 10.8. The van der Waals surface area contributed by atoms with Crippen molar-refractivity contribution in [2.75, 3.05) is 6.61 Å². The molecule has 0 aromatic carbocycles. The molecule has 18 heavy (non-hydrogen) atoms. The third-order valence-electron chi connectivity index (χ3n) is 2.82. The number of furan rings is 1. The van der Waals surface area contributed by atoms with Gasteiger partial charge in [-0.05, 0) is 13.8 Å². The van der Waals surface area contributed by atoms with Gasteiger partial charge in [-0.3, -0.25) is 0 Å². The van der Waals surface area contributed by atoms with Crippen LogP contribution in [0.5, 0.6) is 17.4 Å². The molecule has 1 fully saturated rings. The molecule has 0 unspecified atom stereocenters. The molecule has 100 valence electrons. The largest absolute Gasteiger partial charge is 0.502 e. The Hall–Kier alpha value is -1.40. The maximum atomic E-state index is 10.1. The van der Waals surface area contributed by atoms with Gasteiger partial charge in [0.25, 0.3) is 5.75 Å². The summed E-state index contributed by atoms with van der Waals surface area (Å²) in [6, 6.07) is 0. The first kappa shape index (κ1) is 11.7. The van der Waals surface area contributed by atoms with Gasteiger partial charge in [-0.1, -0.05) is 0 Å². The fourth-order valence-electron chi connectivity index (χ4n) is 2.08. The van der Waals surface area contributed by atoms with Gasteiger partial charge < -0.3 is 28.5 Å². The Kier molecular flexibility index (Phi) is 2.16. The van der Waals surface area contributed by atoms with Crippen LogP contribution in [0.4, 0.5) is 0 Å². The molecule has 0 spiro atoms. The van der Waals surface area contributed by atoms with E-state index in [-0.39, 0.29) is 23.2 Å². The minimum atomic E-state index is -0.823. The smallest absolute Gasteiger partial charge is 0.336 e. The Morgan fingerprint density at radius 1 is 1.11 bits per heavy atom. The van der Waals surface area contributed by atoms with Gasteiger partial charge in [-0.15, -0.1) is 0 Å². The molecule has 6 nitrogen and oxygen atoms in total. The summed E-state index contributed by atoms with van der Waals surface area (Å²) in [5.74, 6) is -0.904. The van der Waals surface area contributed by atoms with Crippen molar-refractivity contribution in [3.8, 4) is 17.4 Å². The van der Waals surface area contributed by atoms with Gasteiger partial charge in [-0.25, -0.2) is 0 Å². The minimum Gasteiger partial charge on any atom is -0.502 e. The molecule has 1 aromatic heterocycles. The number of aromatic hydroxyl groups is 1. The van der Waals surface area contributed by atoms with Gasteiger partial charge in [-0.2, -0.15) is 0 Å². The van der Waals surface area contributed by atoms with E-state index in [9.17, 15) is 5.11 Å². The monoisotopic (exact) mass is 256 g/mol. The molecule has 0 radical (unpaired) electrons. The van der Waals surface area contributed by atoms with E-state index < -0.39 is 17.7 Å². The first-order chi connectivity index (χ1) is 8.27. The normalized spacial score (nSPS) is 27.7. The quantitative estimate of drug-likeness (QED) is 0.831. The molecule has 1 N–H and O–H groups in total. The number of fused-ring (bicyclic) bond motifs is 1. The van der Waals surface area contributed by atoms with E-state index >= 15 is 0 Å². The second kappa shape index (κ2) is 3.33. The number of hydrogen-bond acceptors (Lipinski definition) is 6. The Bertz CT molecular complexity index is 487. The second-order valence-corrected chi connectivity index (χ2v) is 5.35. The van der Waals surface area contributed by atoms with E-state index in [1.165, 1.54) is 0 Å². The van der Waals surface area contributed by atoms with Crippen LogP contribution in [0.2, 0.25) is 0 Å². The van der Waals surface area contributed by atoms with Gasteiger partial charge in [0.05, 0.1) is 6.61 Å². The van der Waals surface area contributed by atoms with E-state index in [0.29, 0.717) is 6.61 Å². The predicted molar refractivity (Wildman–Crippen MR) is 59.6 cm³/mol. The SMILES string of the molecule is CC1(C)Oc2oc([C@H]3COC(C)(C)O3)c(O)c2O1. The molecule has 2 aliphatic heterocycles. The maximum Gasteiger partial charge on any atom is 0.336 e. The molecule has 2 aliphatic rings. The summed E-state index contributed by atoms with van der Waals surface area (Å²) in [7, 11) is 0. The lowest BCUT2D eigenvalue weighted by Crippen LogP contribution is -2.30. The van der Waals surface area contributed by atoms with Crippen LogP contribution in [-0.4, -0.2) is 23.3 Å². The lowest BCUT2D eigenvalue weighted by molar-refractivity contribution is -0.141. The Morgan fingerprint density at radius 3 is 2.39 bits per heavy atom. The summed E-state index contributed by atoms with van der Waals surface area (Å²) < 4.78 is 27.4. The Labute approximate surface area is 104 Å². The summed E-state index contributed by atoms with van der Waals surface area (Å²) in [4.78, 5) is 0. The van der Waals surface area contributed by atoms with E-state index in [1.54, 1.807) is 27.7 Å². The summed E-state index contributed by atoms with van der Waals surface area (Å²) in [6.07, 6.45) is -0.457. The molecule has 3 rings (SSSR count). The Balaban J connectivity index is 1.89. The van der Waals surface area contributed by atoms with Crippen molar-refractivity contribution < 1.29 is 28.5 Å². The fourth-order valence-corrected chi connectivity index (χ4v) is 2.08. The molecular formula is C12H16O6. The molecule has 0 saturated carbocycles. The maximum absolute atomic E-state index is 10.1. The zero-order chi connectivity index (χ0) is 13.1. The number of rotatable bonds is 1. The van der Waals surface area contributed by atoms with Crippen molar-refractivity contribution >= 4 is 0 Å². The van der Waals surface area contributed by atoms with Gasteiger partial charge in [0.1, 0.15) is 6.10 Å². The molecule has 3 heterocycles. The highest BCUT2D eigenvalue weighted by Crippen LogP contribution is 2.53. The summed E-state index contributed by atoms with van der Waals surface area (Å²) in [5, 5.41) is 10.1. The van der Waals surface area contributed by atoms with Crippen molar-refractivity contribution in [3.05, 3.63) is 5.76 Å². The van der Waals surface area contributed by atoms with Crippen LogP contribution in [-0.2, 0) is 9.47 Å². The molecule has 1 aromatic rings. The van der Waals surface area contributed by atoms with Crippen molar-refractivity contribution in [1.29, 1.82) is 0 Å². The van der Waals surface area contributed by atoms with Crippen molar-refractivity contribution in [2.45, 2.75) is 45.4 Å². The molecular weight excluding hydrogens is 240 g/mol. The van der Waals surface area contributed by atoms with Gasteiger partial charge in [0.2, 0.25) is 11.5 Å². The van der Waals surface area contributed by atoms with Crippen LogP contribution < -0.4 is 9.47 Å². The molecule has 0 bridgehead atoms. The molecule has 1 atom stereocenters. The van der Waals surface area contributed by atoms with Gasteiger partial charge in [0.15, 0.2) is 11.5 Å². The first-order valence-electron chi connectivity index (χ1n) is 5.83. The van der Waals surface area contributed by atoms with Crippen LogP contribution in [0.25, 0.3) is 0 Å². The van der Waals surface area contributed by atoms with Crippen LogP contribution in [0.15, 0.2) is 4.42 Å². The molecule has 1 saturated heterocycles. The highest BCUT2D eigenvalue weighted by atomic mass is 16.8. The van der Waals surface area contributed by atoms with Crippen LogP contribution in [0, 0.1) is 0 Å². The van der Waals surface area contributed by atoms with Crippen molar-refractivity contribution in [2.24, 2.45) is 0 Å². The van der Waals surface area contributed by atoms with Crippen LogP contribution in [0.1, 0.15) is 39.6 Å². The highest BCUT2D eigenvalue weighted by molar-refractivity contribution is 5.51. The van der Waals surface area contributed by atoms with Gasteiger partial charge in [0, 0.05) is 13.8 Å². The zero-order valence-electron chi connectivity index (χ0n) is 10.8. The highest BCUT2D eigenvalue weighted by Gasteiger charge is 2.44. The third kappa shape index (κ3) is 1.72. The molecule has 0 aliphatic carbocycles.